The first kappa shape index (κ1) is 32.0. The van der Waals surface area contributed by atoms with Crippen LogP contribution in [0.2, 0.25) is 0 Å². The number of nitrogens with one attached hydrogen (secondary N) is 1. The molecule has 0 radical (unpaired) electrons. The molecule has 2 aromatic heterocycles. The van der Waals surface area contributed by atoms with Crippen molar-refractivity contribution in [3.63, 3.8) is 0 Å². The average molecular weight is 655 g/mol. The molecule has 4 N–H and O–H groups in total. The van der Waals surface area contributed by atoms with Gasteiger partial charge in [-0.3, -0.25) is 4.79 Å². The first-order chi connectivity index (χ1) is 21.7. The molecule has 45 heavy (non-hydrogen) atoms. The molecule has 0 saturated carbocycles. The average Bonchev–Trinajstić information content (AvgIpc) is 3.68. The van der Waals surface area contributed by atoms with E-state index in [9.17, 15) is 22.7 Å². The van der Waals surface area contributed by atoms with Crippen LogP contribution < -0.4 is 19.9 Å². The third kappa shape index (κ3) is 8.82. The van der Waals surface area contributed by atoms with Crippen molar-refractivity contribution in [2.24, 2.45) is 5.14 Å². The number of alkyl halides is 1. The molecule has 15 heteroatoms. The zero-order chi connectivity index (χ0) is 31.8. The number of primary sulfonamides is 1. The smallest absolute Gasteiger partial charge is 0.305 e. The van der Waals surface area contributed by atoms with Gasteiger partial charge in [0.25, 0.3) is 10.0 Å². The fraction of sp³-hybridized carbons (Fsp3) is 0.267. The number of nitrogens with zero attached hydrogens (tertiary/aromatic N) is 4. The minimum absolute atomic E-state index is 0.0190. The lowest BCUT2D eigenvalue weighted by Gasteiger charge is -2.23. The highest BCUT2D eigenvalue weighted by molar-refractivity contribution is 7.91. The molecule has 5 rings (SSSR count). The van der Waals surface area contributed by atoms with Crippen molar-refractivity contribution in [2.45, 2.75) is 35.9 Å². The van der Waals surface area contributed by atoms with Gasteiger partial charge in [0.1, 0.15) is 37.1 Å². The molecule has 0 fully saturated rings. The first-order valence-electron chi connectivity index (χ1n) is 13.9. The highest BCUT2D eigenvalue weighted by Crippen LogP contribution is 2.29. The molecule has 2 heterocycles. The molecule has 236 valence electrons. The molecule has 5 aromatic rings. The second-order valence-electron chi connectivity index (χ2n) is 10.1. The van der Waals surface area contributed by atoms with Crippen LogP contribution in [0.5, 0.6) is 11.5 Å². The minimum Gasteiger partial charge on any atom is -0.491 e. The number of ether oxygens (including phenoxy) is 2. The molecular weight excluding hydrogens is 623 g/mol. The number of thiazole rings is 1. The number of carboxylic acid groups (broad SMARTS) is 1. The number of rotatable bonds is 16. The lowest BCUT2D eigenvalue weighted by Crippen LogP contribution is -2.31. The molecule has 3 aromatic carbocycles. The summed E-state index contributed by atoms with van der Waals surface area (Å²) in [4.78, 5) is 15.7. The maximum Gasteiger partial charge on any atom is 0.305 e. The van der Waals surface area contributed by atoms with Crippen LogP contribution in [0.3, 0.4) is 0 Å². The maximum absolute atomic E-state index is 12.5. The molecule has 0 spiro atoms. The molecule has 0 amide bonds. The van der Waals surface area contributed by atoms with Crippen LogP contribution in [0.25, 0.3) is 10.2 Å². The normalized spacial score (nSPS) is 13.0. The van der Waals surface area contributed by atoms with E-state index in [1.165, 1.54) is 0 Å². The molecular formula is C30H31FN6O6S2. The zero-order valence-electron chi connectivity index (χ0n) is 24.0. The second-order valence-corrected chi connectivity index (χ2v) is 12.9. The Labute approximate surface area is 262 Å². The Bertz CT molecular complexity index is 1830. The monoisotopic (exact) mass is 654 g/mol. The van der Waals surface area contributed by atoms with Crippen molar-refractivity contribution in [1.82, 2.24) is 25.3 Å². The second kappa shape index (κ2) is 14.6. The Morgan fingerprint density at radius 1 is 1.07 bits per heavy atom. The number of fused-ring (bicyclic) bond motifs is 1. The molecule has 0 bridgehead atoms. The lowest BCUT2D eigenvalue weighted by atomic mass is 10.0. The zero-order valence-corrected chi connectivity index (χ0v) is 25.6. The lowest BCUT2D eigenvalue weighted by molar-refractivity contribution is -0.137. The summed E-state index contributed by atoms with van der Waals surface area (Å²) >= 11 is 0.959. The van der Waals surface area contributed by atoms with Gasteiger partial charge in [-0.25, -0.2) is 27.6 Å². The number of carboxylic acids is 1. The van der Waals surface area contributed by atoms with Crippen LogP contribution >= 0.6 is 11.3 Å². The van der Waals surface area contributed by atoms with E-state index < -0.39 is 28.7 Å². The molecule has 0 aliphatic carbocycles. The van der Waals surface area contributed by atoms with Crippen molar-refractivity contribution >= 4 is 37.5 Å². The Morgan fingerprint density at radius 2 is 1.82 bits per heavy atom. The summed E-state index contributed by atoms with van der Waals surface area (Å²) in [6, 6.07) is 21.1. The van der Waals surface area contributed by atoms with Gasteiger partial charge in [-0.15, -0.1) is 16.4 Å². The molecule has 12 nitrogen and oxygen atoms in total. The van der Waals surface area contributed by atoms with E-state index in [4.69, 9.17) is 14.6 Å². The van der Waals surface area contributed by atoms with E-state index in [0.29, 0.717) is 40.4 Å². The van der Waals surface area contributed by atoms with Gasteiger partial charge in [-0.05, 0) is 47.9 Å². The summed E-state index contributed by atoms with van der Waals surface area (Å²) in [5.74, 6) is 0.137. The number of carbonyl (C=O) groups is 1. The number of aliphatic carboxylic acids is 1. The van der Waals surface area contributed by atoms with E-state index >= 15 is 0 Å². The molecule has 1 unspecified atom stereocenters. The predicted molar refractivity (Wildman–Crippen MR) is 165 cm³/mol. The van der Waals surface area contributed by atoms with Crippen molar-refractivity contribution in [3.05, 3.63) is 95.8 Å². The first-order valence-corrected chi connectivity index (χ1v) is 16.3. The quantitative estimate of drug-likeness (QED) is 0.141. The number of halogens is 1. The number of hydrogen-bond donors (Lipinski definition) is 3. The van der Waals surface area contributed by atoms with Gasteiger partial charge in [0, 0.05) is 12.6 Å². The van der Waals surface area contributed by atoms with Gasteiger partial charge in [0.2, 0.25) is 4.34 Å². The van der Waals surface area contributed by atoms with Crippen LogP contribution in [-0.4, -0.2) is 59.3 Å². The van der Waals surface area contributed by atoms with E-state index in [0.717, 1.165) is 22.5 Å². The van der Waals surface area contributed by atoms with E-state index in [1.807, 2.05) is 42.5 Å². The predicted octanol–water partition coefficient (Wildman–Crippen LogP) is 4.05. The largest absolute Gasteiger partial charge is 0.491 e. The van der Waals surface area contributed by atoms with Crippen molar-refractivity contribution in [2.75, 3.05) is 19.8 Å². The van der Waals surface area contributed by atoms with Gasteiger partial charge < -0.3 is 19.9 Å². The van der Waals surface area contributed by atoms with Gasteiger partial charge in [-0.2, -0.15) is 0 Å². The number of nitrogens with two attached hydrogens (primary N) is 1. The SMILES string of the molecule is NS(=O)(=O)c1nc2ccc(OCc3cn([C@H](CNC(CC(=O)O)c4ccccc4)Cc4ccc(OCCF)cc4)nn3)cc2s1. The summed E-state index contributed by atoms with van der Waals surface area (Å²) in [5, 5.41) is 26.8. The third-order valence-electron chi connectivity index (χ3n) is 6.82. The van der Waals surface area contributed by atoms with Crippen LogP contribution in [0, 0.1) is 0 Å². The maximum atomic E-state index is 12.5. The van der Waals surface area contributed by atoms with Crippen LogP contribution in [0.1, 0.15) is 35.3 Å². The Kier molecular flexibility index (Phi) is 10.3. The van der Waals surface area contributed by atoms with E-state index in [1.54, 1.807) is 41.2 Å². The highest BCUT2D eigenvalue weighted by atomic mass is 32.2. The topological polar surface area (TPSA) is 172 Å². The van der Waals surface area contributed by atoms with Gasteiger partial charge >= 0.3 is 5.97 Å². The summed E-state index contributed by atoms with van der Waals surface area (Å²) < 4.78 is 49.2. The summed E-state index contributed by atoms with van der Waals surface area (Å²) in [5.41, 5.74) is 2.87. The highest BCUT2D eigenvalue weighted by Gasteiger charge is 2.21. The molecule has 0 aliphatic rings. The van der Waals surface area contributed by atoms with Gasteiger partial charge in [0.15, 0.2) is 0 Å². The Hall–Kier alpha value is -4.44. The molecule has 0 aliphatic heterocycles. The van der Waals surface area contributed by atoms with Gasteiger partial charge in [-0.1, -0.05) is 47.7 Å². The van der Waals surface area contributed by atoms with Crippen molar-refractivity contribution < 1.29 is 32.2 Å². The minimum atomic E-state index is -3.91. The number of aromatic nitrogens is 4. The van der Waals surface area contributed by atoms with Gasteiger partial charge in [0.05, 0.1) is 28.9 Å². The number of benzene rings is 3. The third-order valence-corrected chi connectivity index (χ3v) is 9.16. The number of sulfonamides is 1. The Morgan fingerprint density at radius 3 is 2.53 bits per heavy atom. The van der Waals surface area contributed by atoms with E-state index in [2.05, 4.69) is 20.6 Å². The van der Waals surface area contributed by atoms with Crippen LogP contribution in [0.15, 0.2) is 83.3 Å². The fourth-order valence-corrected chi connectivity index (χ4v) is 6.35. The summed E-state index contributed by atoms with van der Waals surface area (Å²) in [6.45, 7) is -0.120. The fourth-order valence-electron chi connectivity index (χ4n) is 4.67. The Balaban J connectivity index is 1.31. The van der Waals surface area contributed by atoms with Crippen LogP contribution in [0.4, 0.5) is 4.39 Å². The van der Waals surface area contributed by atoms with Crippen molar-refractivity contribution in [1.29, 1.82) is 0 Å². The number of hydrogen-bond acceptors (Lipinski definition) is 10. The molecule has 0 saturated heterocycles. The van der Waals surface area contributed by atoms with E-state index in [-0.39, 0.29) is 30.0 Å². The summed E-state index contributed by atoms with van der Waals surface area (Å²) in [6.07, 6.45) is 2.20. The van der Waals surface area contributed by atoms with Crippen molar-refractivity contribution in [3.8, 4) is 11.5 Å². The molecule has 2 atom stereocenters. The summed E-state index contributed by atoms with van der Waals surface area (Å²) in [7, 11) is -3.91. The standard InChI is InChI=1S/C30H31FN6O6S2/c31-12-13-42-24-8-6-20(7-9-24)14-23(17-33-27(16-29(38)39)21-4-2-1-3-5-21)37-18-22(35-36-37)19-43-25-10-11-26-28(15-25)44-30(34-26)45(32,40)41/h1-11,15,18,23,27,33H,12-14,16-17,19H2,(H,38,39)(H2,32,40,41)/t23-,27?/m0/s1. The van der Waals surface area contributed by atoms with Crippen LogP contribution in [-0.2, 0) is 27.8 Å².